The van der Waals surface area contributed by atoms with Crippen LogP contribution in [0.5, 0.6) is 5.75 Å². The van der Waals surface area contributed by atoms with Crippen molar-refractivity contribution < 1.29 is 26.3 Å². The largest absolute Gasteiger partial charge is 0.573 e. The van der Waals surface area contributed by atoms with Gasteiger partial charge in [-0.2, -0.15) is 4.31 Å². The number of sulfonamides is 1. The summed E-state index contributed by atoms with van der Waals surface area (Å²) in [6, 6.07) is 12.4. The molecule has 2 aromatic rings. The predicted molar refractivity (Wildman–Crippen MR) is 113 cm³/mol. The maximum absolute atomic E-state index is 13.1. The van der Waals surface area contributed by atoms with Crippen LogP contribution >= 0.6 is 11.8 Å². The molecule has 1 unspecified atom stereocenters. The number of nitrogens with zero attached hydrogens (tertiary/aromatic N) is 1. The SMILES string of the molecule is CCCN(CC(CC)Sc1cccc(C)c1)S(=O)(=O)c1ccc(OC(F)(F)F)cc1. The van der Waals surface area contributed by atoms with Crippen LogP contribution in [-0.2, 0) is 10.0 Å². The van der Waals surface area contributed by atoms with Crippen LogP contribution in [0.15, 0.2) is 58.3 Å². The van der Waals surface area contributed by atoms with E-state index in [0.29, 0.717) is 19.5 Å². The first-order valence-corrected chi connectivity index (χ1v) is 12.0. The van der Waals surface area contributed by atoms with E-state index < -0.39 is 22.1 Å². The molecule has 0 fully saturated rings. The molecule has 0 aliphatic rings. The van der Waals surface area contributed by atoms with Crippen molar-refractivity contribution in [2.24, 2.45) is 0 Å². The summed E-state index contributed by atoms with van der Waals surface area (Å²) >= 11 is 1.63. The van der Waals surface area contributed by atoms with Crippen LogP contribution in [-0.4, -0.2) is 37.4 Å². The van der Waals surface area contributed by atoms with Crippen molar-refractivity contribution in [1.29, 1.82) is 0 Å². The highest BCUT2D eigenvalue weighted by Crippen LogP contribution is 2.29. The number of halogens is 3. The quantitative estimate of drug-likeness (QED) is 0.416. The number of ether oxygens (including phenoxy) is 1. The van der Waals surface area contributed by atoms with Crippen molar-refractivity contribution >= 4 is 21.8 Å². The van der Waals surface area contributed by atoms with Gasteiger partial charge < -0.3 is 4.74 Å². The van der Waals surface area contributed by atoms with Crippen LogP contribution in [0.4, 0.5) is 13.2 Å². The Balaban J connectivity index is 2.19. The zero-order valence-electron chi connectivity index (χ0n) is 17.1. The highest BCUT2D eigenvalue weighted by atomic mass is 32.2. The van der Waals surface area contributed by atoms with Crippen LogP contribution < -0.4 is 4.74 Å². The van der Waals surface area contributed by atoms with Gasteiger partial charge in [-0.1, -0.05) is 31.5 Å². The highest BCUT2D eigenvalue weighted by Gasteiger charge is 2.32. The topological polar surface area (TPSA) is 46.6 Å². The van der Waals surface area contributed by atoms with Gasteiger partial charge in [0.1, 0.15) is 5.75 Å². The molecule has 0 N–H and O–H groups in total. The third kappa shape index (κ3) is 7.21. The normalized spacial score (nSPS) is 13.4. The summed E-state index contributed by atoms with van der Waals surface area (Å²) in [6.45, 7) is 6.54. The Kier molecular flexibility index (Phi) is 8.63. The van der Waals surface area contributed by atoms with Gasteiger partial charge in [-0.3, -0.25) is 0 Å². The zero-order valence-corrected chi connectivity index (χ0v) is 18.8. The molecule has 0 saturated carbocycles. The molecule has 2 aromatic carbocycles. The lowest BCUT2D eigenvalue weighted by molar-refractivity contribution is -0.274. The molecular formula is C21H26F3NO3S2. The number of hydrogen-bond acceptors (Lipinski definition) is 4. The van der Waals surface area contributed by atoms with Crippen LogP contribution in [0, 0.1) is 6.92 Å². The van der Waals surface area contributed by atoms with Crippen LogP contribution in [0.25, 0.3) is 0 Å². The van der Waals surface area contributed by atoms with E-state index in [1.54, 1.807) is 11.8 Å². The fraction of sp³-hybridized carbons (Fsp3) is 0.429. The third-order valence-corrected chi connectivity index (χ3v) is 7.54. The second-order valence-electron chi connectivity index (χ2n) is 6.85. The summed E-state index contributed by atoms with van der Waals surface area (Å²) in [5.41, 5.74) is 1.13. The molecule has 1 atom stereocenters. The Hall–Kier alpha value is -1.71. The molecule has 0 spiro atoms. The number of hydrogen-bond donors (Lipinski definition) is 0. The van der Waals surface area contributed by atoms with Gasteiger partial charge >= 0.3 is 6.36 Å². The lowest BCUT2D eigenvalue weighted by Gasteiger charge is -2.26. The van der Waals surface area contributed by atoms with Crippen molar-refractivity contribution in [1.82, 2.24) is 4.31 Å². The third-order valence-electron chi connectivity index (χ3n) is 4.32. The van der Waals surface area contributed by atoms with Crippen molar-refractivity contribution in [2.75, 3.05) is 13.1 Å². The zero-order chi connectivity index (χ0) is 22.4. The van der Waals surface area contributed by atoms with Crippen LogP contribution in [0.2, 0.25) is 0 Å². The molecule has 9 heteroatoms. The maximum atomic E-state index is 13.1. The Labute approximate surface area is 180 Å². The second-order valence-corrected chi connectivity index (χ2v) is 10.2. The average Bonchev–Trinajstić information content (AvgIpc) is 2.66. The molecule has 0 amide bonds. The molecule has 0 saturated heterocycles. The summed E-state index contributed by atoms with van der Waals surface area (Å²) in [7, 11) is -3.85. The van der Waals surface area contributed by atoms with E-state index >= 15 is 0 Å². The molecule has 0 aliphatic heterocycles. The molecule has 0 bridgehead atoms. The van der Waals surface area contributed by atoms with Gasteiger partial charge in [-0.25, -0.2) is 8.42 Å². The minimum Gasteiger partial charge on any atom is -0.406 e. The van der Waals surface area contributed by atoms with Gasteiger partial charge in [0.15, 0.2) is 0 Å². The van der Waals surface area contributed by atoms with Gasteiger partial charge in [0.2, 0.25) is 10.0 Å². The molecule has 0 heterocycles. The summed E-state index contributed by atoms with van der Waals surface area (Å²) in [4.78, 5) is 1.02. The van der Waals surface area contributed by atoms with Gasteiger partial charge in [0.25, 0.3) is 0 Å². The molecule has 4 nitrogen and oxygen atoms in total. The monoisotopic (exact) mass is 461 g/mol. The van der Waals surface area contributed by atoms with E-state index in [1.807, 2.05) is 39.0 Å². The fourth-order valence-electron chi connectivity index (χ4n) is 2.88. The van der Waals surface area contributed by atoms with Gasteiger partial charge in [0.05, 0.1) is 4.90 Å². The van der Waals surface area contributed by atoms with E-state index in [2.05, 4.69) is 10.8 Å². The Morgan fingerprint density at radius 3 is 2.30 bits per heavy atom. The Morgan fingerprint density at radius 1 is 1.10 bits per heavy atom. The van der Waals surface area contributed by atoms with E-state index in [0.717, 1.165) is 41.1 Å². The van der Waals surface area contributed by atoms with E-state index in [4.69, 9.17) is 0 Å². The average molecular weight is 462 g/mol. The summed E-state index contributed by atoms with van der Waals surface area (Å²) < 4.78 is 68.5. The molecule has 0 aromatic heterocycles. The lowest BCUT2D eigenvalue weighted by atomic mass is 10.2. The molecule has 2 rings (SSSR count). The second kappa shape index (κ2) is 10.5. The van der Waals surface area contributed by atoms with E-state index in [1.165, 1.54) is 4.31 Å². The van der Waals surface area contributed by atoms with Crippen molar-refractivity contribution in [2.45, 2.75) is 55.0 Å². The Bertz CT molecular complexity index is 916. The van der Waals surface area contributed by atoms with Crippen molar-refractivity contribution in [3.63, 3.8) is 0 Å². The highest BCUT2D eigenvalue weighted by molar-refractivity contribution is 8.00. The number of aryl methyl sites for hydroxylation is 1. The first kappa shape index (κ1) is 24.6. The molecule has 0 radical (unpaired) electrons. The first-order chi connectivity index (χ1) is 14.0. The van der Waals surface area contributed by atoms with E-state index in [9.17, 15) is 21.6 Å². The maximum Gasteiger partial charge on any atom is 0.573 e. The number of benzene rings is 2. The van der Waals surface area contributed by atoms with Crippen molar-refractivity contribution in [3.8, 4) is 5.75 Å². The summed E-state index contributed by atoms with van der Waals surface area (Å²) in [5, 5.41) is 0.0426. The van der Waals surface area contributed by atoms with Crippen LogP contribution in [0.1, 0.15) is 32.3 Å². The smallest absolute Gasteiger partial charge is 0.406 e. The number of alkyl halides is 3. The summed E-state index contributed by atoms with van der Waals surface area (Å²) in [5.74, 6) is -0.454. The number of thioether (sulfide) groups is 1. The molecule has 0 aliphatic carbocycles. The first-order valence-electron chi connectivity index (χ1n) is 9.64. The van der Waals surface area contributed by atoms with Crippen molar-refractivity contribution in [3.05, 3.63) is 54.1 Å². The fourth-order valence-corrected chi connectivity index (χ4v) is 5.77. The Morgan fingerprint density at radius 2 is 1.77 bits per heavy atom. The van der Waals surface area contributed by atoms with Gasteiger partial charge in [-0.05, 0) is 56.2 Å². The lowest BCUT2D eigenvalue weighted by Crippen LogP contribution is -2.37. The number of rotatable bonds is 10. The van der Waals surface area contributed by atoms with E-state index in [-0.39, 0.29) is 10.1 Å². The van der Waals surface area contributed by atoms with Gasteiger partial charge in [-0.15, -0.1) is 24.9 Å². The predicted octanol–water partition coefficient (Wildman–Crippen LogP) is 5.87. The standard InChI is InChI=1S/C21H26F3NO3S2/c1-4-13-25(15-18(5-2)29-19-8-6-7-16(3)14-19)30(26,27)20-11-9-17(10-12-20)28-21(22,23)24/h6-12,14,18H,4-5,13,15H2,1-3H3. The minimum absolute atomic E-state index is 0.0426. The minimum atomic E-state index is -4.82. The molecule has 30 heavy (non-hydrogen) atoms. The van der Waals surface area contributed by atoms with Gasteiger partial charge in [0, 0.05) is 23.2 Å². The van der Waals surface area contributed by atoms with Crippen LogP contribution in [0.3, 0.4) is 0 Å². The molecule has 166 valence electrons. The summed E-state index contributed by atoms with van der Waals surface area (Å²) in [6.07, 6.45) is -3.43. The molecular weight excluding hydrogens is 435 g/mol.